The van der Waals surface area contributed by atoms with Gasteiger partial charge in [0, 0.05) is 23.4 Å². The number of halogens is 1. The number of carbonyl (C=O) groups excluding carboxylic acids is 1. The van der Waals surface area contributed by atoms with Crippen molar-refractivity contribution in [2.24, 2.45) is 5.41 Å². The molecule has 0 fully saturated rings. The number of anilines is 1. The van der Waals surface area contributed by atoms with Gasteiger partial charge in [-0.2, -0.15) is 0 Å². The van der Waals surface area contributed by atoms with Gasteiger partial charge in [-0.25, -0.2) is 4.39 Å². The van der Waals surface area contributed by atoms with Gasteiger partial charge in [0.05, 0.1) is 0 Å². The molecule has 1 aromatic rings. The predicted molar refractivity (Wildman–Crippen MR) is 72.0 cm³/mol. The van der Waals surface area contributed by atoms with E-state index in [4.69, 9.17) is 5.73 Å². The molecule has 0 aromatic heterocycles. The summed E-state index contributed by atoms with van der Waals surface area (Å²) in [6.45, 7) is 8.34. The molecular formula is C14H21FN2O. The Hall–Kier alpha value is -1.58. The largest absolute Gasteiger partial charge is 0.398 e. The molecule has 4 heteroatoms. The Labute approximate surface area is 108 Å². The highest BCUT2D eigenvalue weighted by atomic mass is 19.1. The number of hydrogen-bond donors (Lipinski definition) is 2. The number of nitrogen functional groups attached to an aromatic ring is 1. The Bertz CT molecular complexity index is 432. The van der Waals surface area contributed by atoms with Crippen molar-refractivity contribution in [3.8, 4) is 0 Å². The van der Waals surface area contributed by atoms with Gasteiger partial charge in [0.25, 0.3) is 5.91 Å². The number of rotatable bonds is 4. The summed E-state index contributed by atoms with van der Waals surface area (Å²) in [6.07, 6.45) is 0.956. The topological polar surface area (TPSA) is 55.1 Å². The molecule has 0 heterocycles. The average molecular weight is 252 g/mol. The van der Waals surface area contributed by atoms with Crippen LogP contribution in [0.3, 0.4) is 0 Å². The third kappa shape index (κ3) is 3.45. The highest BCUT2D eigenvalue weighted by Crippen LogP contribution is 2.20. The van der Waals surface area contributed by atoms with Crippen LogP contribution < -0.4 is 11.1 Å². The van der Waals surface area contributed by atoms with E-state index in [0.717, 1.165) is 6.42 Å². The zero-order valence-corrected chi connectivity index (χ0v) is 11.4. The first-order valence-corrected chi connectivity index (χ1v) is 6.10. The van der Waals surface area contributed by atoms with E-state index in [0.29, 0.717) is 17.8 Å². The van der Waals surface area contributed by atoms with Gasteiger partial charge in [0.1, 0.15) is 5.82 Å². The Morgan fingerprint density at radius 1 is 1.44 bits per heavy atom. The second kappa shape index (κ2) is 5.38. The first-order chi connectivity index (χ1) is 8.26. The fourth-order valence-corrected chi connectivity index (χ4v) is 1.38. The molecule has 18 heavy (non-hydrogen) atoms. The van der Waals surface area contributed by atoms with Crippen molar-refractivity contribution in [2.45, 2.75) is 34.1 Å². The van der Waals surface area contributed by atoms with Crippen LogP contribution in [-0.4, -0.2) is 12.5 Å². The fraction of sp³-hybridized carbons (Fsp3) is 0.500. The van der Waals surface area contributed by atoms with Crippen molar-refractivity contribution in [1.29, 1.82) is 0 Å². The molecule has 3 nitrogen and oxygen atoms in total. The highest BCUT2D eigenvalue weighted by molar-refractivity contribution is 5.95. The zero-order valence-electron chi connectivity index (χ0n) is 11.4. The number of hydrogen-bond acceptors (Lipinski definition) is 2. The van der Waals surface area contributed by atoms with Gasteiger partial charge in [-0.05, 0) is 30.9 Å². The Morgan fingerprint density at radius 3 is 2.56 bits per heavy atom. The van der Waals surface area contributed by atoms with Crippen LogP contribution in [-0.2, 0) is 0 Å². The molecule has 0 aliphatic heterocycles. The van der Waals surface area contributed by atoms with E-state index in [1.807, 2.05) is 0 Å². The summed E-state index contributed by atoms with van der Waals surface area (Å²) in [7, 11) is 0. The van der Waals surface area contributed by atoms with Crippen LogP contribution in [0.15, 0.2) is 12.1 Å². The molecule has 0 saturated carbocycles. The number of carbonyl (C=O) groups is 1. The minimum Gasteiger partial charge on any atom is -0.398 e. The molecule has 0 atom stereocenters. The SMILES string of the molecule is CCC(C)(C)CNC(=O)c1cc(N)c(C)c(F)c1. The van der Waals surface area contributed by atoms with E-state index in [9.17, 15) is 9.18 Å². The summed E-state index contributed by atoms with van der Waals surface area (Å²) in [4.78, 5) is 11.9. The maximum Gasteiger partial charge on any atom is 0.251 e. The molecule has 1 rings (SSSR count). The number of nitrogens with one attached hydrogen (secondary N) is 1. The van der Waals surface area contributed by atoms with Crippen LogP contribution in [0.2, 0.25) is 0 Å². The summed E-state index contributed by atoms with van der Waals surface area (Å²) in [6, 6.07) is 2.73. The van der Waals surface area contributed by atoms with Crippen LogP contribution in [0, 0.1) is 18.2 Å². The summed E-state index contributed by atoms with van der Waals surface area (Å²) in [5.41, 5.74) is 6.62. The van der Waals surface area contributed by atoms with Crippen molar-refractivity contribution in [2.75, 3.05) is 12.3 Å². The molecular weight excluding hydrogens is 231 g/mol. The molecule has 3 N–H and O–H groups in total. The molecule has 0 radical (unpaired) electrons. The molecule has 0 unspecified atom stereocenters. The minimum atomic E-state index is -0.449. The second-order valence-corrected chi connectivity index (χ2v) is 5.37. The lowest BCUT2D eigenvalue weighted by Gasteiger charge is -2.22. The van der Waals surface area contributed by atoms with E-state index in [1.165, 1.54) is 12.1 Å². The van der Waals surface area contributed by atoms with Gasteiger partial charge in [0.15, 0.2) is 0 Å². The van der Waals surface area contributed by atoms with Gasteiger partial charge in [0.2, 0.25) is 0 Å². The van der Waals surface area contributed by atoms with Gasteiger partial charge in [-0.15, -0.1) is 0 Å². The quantitative estimate of drug-likeness (QED) is 0.809. The second-order valence-electron chi connectivity index (χ2n) is 5.37. The van der Waals surface area contributed by atoms with E-state index in [1.54, 1.807) is 6.92 Å². The van der Waals surface area contributed by atoms with Gasteiger partial charge in [-0.3, -0.25) is 4.79 Å². The van der Waals surface area contributed by atoms with Gasteiger partial charge in [-0.1, -0.05) is 20.8 Å². The van der Waals surface area contributed by atoms with Crippen LogP contribution in [0.1, 0.15) is 43.1 Å². The lowest BCUT2D eigenvalue weighted by molar-refractivity contribution is 0.0935. The molecule has 1 aromatic carbocycles. The van der Waals surface area contributed by atoms with Crippen LogP contribution >= 0.6 is 0 Å². The molecule has 0 aliphatic carbocycles. The standard InChI is InChI=1S/C14H21FN2O/c1-5-14(3,4)8-17-13(18)10-6-11(15)9(2)12(16)7-10/h6-7H,5,8,16H2,1-4H3,(H,17,18). The molecule has 0 aliphatic rings. The predicted octanol–water partition coefficient (Wildman–Crippen LogP) is 2.88. The number of nitrogens with two attached hydrogens (primary N) is 1. The smallest absolute Gasteiger partial charge is 0.251 e. The lowest BCUT2D eigenvalue weighted by Crippen LogP contribution is -2.33. The molecule has 0 saturated heterocycles. The minimum absolute atomic E-state index is 0.0322. The van der Waals surface area contributed by atoms with E-state index in [2.05, 4.69) is 26.1 Å². The first kappa shape index (κ1) is 14.5. The van der Waals surface area contributed by atoms with E-state index >= 15 is 0 Å². The maximum atomic E-state index is 13.5. The van der Waals surface area contributed by atoms with Crippen LogP contribution in [0.25, 0.3) is 0 Å². The van der Waals surface area contributed by atoms with Crippen molar-refractivity contribution < 1.29 is 9.18 Å². The molecule has 1 amide bonds. The monoisotopic (exact) mass is 252 g/mol. The Morgan fingerprint density at radius 2 is 2.06 bits per heavy atom. The Balaban J connectivity index is 2.80. The van der Waals surface area contributed by atoms with Crippen LogP contribution in [0.4, 0.5) is 10.1 Å². The normalized spacial score (nSPS) is 11.4. The van der Waals surface area contributed by atoms with Crippen molar-refractivity contribution in [1.82, 2.24) is 5.32 Å². The molecule has 0 spiro atoms. The zero-order chi connectivity index (χ0) is 13.9. The van der Waals surface area contributed by atoms with Crippen LogP contribution in [0.5, 0.6) is 0 Å². The summed E-state index contributed by atoms with van der Waals surface area (Å²) in [5, 5.41) is 2.80. The highest BCUT2D eigenvalue weighted by Gasteiger charge is 2.17. The maximum absolute atomic E-state index is 13.5. The summed E-state index contributed by atoms with van der Waals surface area (Å²) < 4.78 is 13.5. The van der Waals surface area contributed by atoms with Gasteiger partial charge < -0.3 is 11.1 Å². The lowest BCUT2D eigenvalue weighted by atomic mass is 9.90. The third-order valence-corrected chi connectivity index (χ3v) is 3.33. The number of amides is 1. The molecule has 100 valence electrons. The van der Waals surface area contributed by atoms with Gasteiger partial charge >= 0.3 is 0 Å². The Kier molecular flexibility index (Phi) is 4.33. The average Bonchev–Trinajstić information content (AvgIpc) is 2.32. The fourth-order valence-electron chi connectivity index (χ4n) is 1.38. The van der Waals surface area contributed by atoms with Crippen molar-refractivity contribution >= 4 is 11.6 Å². The van der Waals surface area contributed by atoms with Crippen molar-refractivity contribution in [3.63, 3.8) is 0 Å². The summed E-state index contributed by atoms with van der Waals surface area (Å²) in [5.74, 6) is -0.739. The third-order valence-electron chi connectivity index (χ3n) is 3.33. The first-order valence-electron chi connectivity index (χ1n) is 6.10. The number of benzene rings is 1. The van der Waals surface area contributed by atoms with E-state index < -0.39 is 5.82 Å². The summed E-state index contributed by atoms with van der Waals surface area (Å²) >= 11 is 0. The molecule has 0 bridgehead atoms. The van der Waals surface area contributed by atoms with E-state index in [-0.39, 0.29) is 16.9 Å². The van der Waals surface area contributed by atoms with Crippen molar-refractivity contribution in [3.05, 3.63) is 29.1 Å².